The molecule has 5 heteroatoms. The maximum absolute atomic E-state index is 11.4. The largest absolute Gasteiger partial charge is 0.480 e. The molecule has 1 amide bonds. The number of amides is 1. The fourth-order valence-electron chi connectivity index (χ4n) is 1.52. The highest BCUT2D eigenvalue weighted by molar-refractivity contribution is 6.30. The van der Waals surface area contributed by atoms with Gasteiger partial charge in [-0.25, -0.2) is 4.79 Å². The van der Waals surface area contributed by atoms with E-state index in [1.54, 1.807) is 6.92 Å². The molecular weight excluding hydrogens is 194 g/mol. The van der Waals surface area contributed by atoms with Crippen LogP contribution in [0.2, 0.25) is 0 Å². The number of carbonyl (C=O) groups excluding carboxylic acids is 1. The third kappa shape index (κ3) is 2.12. The van der Waals surface area contributed by atoms with Crippen LogP contribution in [0.4, 0.5) is 0 Å². The van der Waals surface area contributed by atoms with E-state index in [0.717, 1.165) is 6.42 Å². The second-order valence-corrected chi connectivity index (χ2v) is 3.80. The standard InChI is InChI=1S/C8H12ClNO3/c1-5(9)7(11)10-4-2-3-6(10)8(12)13/h5-6H,2-4H2,1H3,(H,12,13)/t5-,6-/m0/s1. The Morgan fingerprint density at radius 3 is 2.69 bits per heavy atom. The van der Waals surface area contributed by atoms with E-state index in [1.165, 1.54) is 4.90 Å². The van der Waals surface area contributed by atoms with Crippen molar-refractivity contribution in [3.8, 4) is 0 Å². The highest BCUT2D eigenvalue weighted by Crippen LogP contribution is 2.19. The zero-order valence-electron chi connectivity index (χ0n) is 7.36. The molecule has 0 aromatic rings. The molecule has 0 saturated carbocycles. The number of carboxylic acid groups (broad SMARTS) is 1. The van der Waals surface area contributed by atoms with Gasteiger partial charge in [-0.05, 0) is 19.8 Å². The minimum absolute atomic E-state index is 0.286. The summed E-state index contributed by atoms with van der Waals surface area (Å²) in [4.78, 5) is 23.4. The van der Waals surface area contributed by atoms with E-state index in [0.29, 0.717) is 13.0 Å². The molecular formula is C8H12ClNO3. The van der Waals surface area contributed by atoms with Gasteiger partial charge in [0.05, 0.1) is 0 Å². The lowest BCUT2D eigenvalue weighted by Crippen LogP contribution is -2.43. The molecule has 1 aliphatic heterocycles. The lowest BCUT2D eigenvalue weighted by molar-refractivity contribution is -0.147. The van der Waals surface area contributed by atoms with Crippen LogP contribution < -0.4 is 0 Å². The predicted molar refractivity (Wildman–Crippen MR) is 47.7 cm³/mol. The summed E-state index contributed by atoms with van der Waals surface area (Å²) in [6.45, 7) is 2.06. The molecule has 1 heterocycles. The number of aliphatic carboxylic acids is 1. The van der Waals surface area contributed by atoms with Gasteiger partial charge in [0.15, 0.2) is 0 Å². The van der Waals surface area contributed by atoms with Crippen LogP contribution in [0.5, 0.6) is 0 Å². The second kappa shape index (κ2) is 3.96. The Kier molecular flexibility index (Phi) is 3.14. The Labute approximate surface area is 81.5 Å². The molecule has 1 rings (SSSR count). The molecule has 1 N–H and O–H groups in total. The number of hydrogen-bond donors (Lipinski definition) is 1. The predicted octanol–water partition coefficient (Wildman–Crippen LogP) is 0.689. The Bertz CT molecular complexity index is 229. The van der Waals surface area contributed by atoms with Gasteiger partial charge in [-0.15, -0.1) is 11.6 Å². The average Bonchev–Trinajstić information content (AvgIpc) is 2.50. The van der Waals surface area contributed by atoms with Crippen LogP contribution in [0.15, 0.2) is 0 Å². The molecule has 0 bridgehead atoms. The number of likely N-dealkylation sites (tertiary alicyclic amines) is 1. The van der Waals surface area contributed by atoms with Gasteiger partial charge in [-0.2, -0.15) is 0 Å². The molecule has 0 spiro atoms. The van der Waals surface area contributed by atoms with Gasteiger partial charge >= 0.3 is 5.97 Å². The first-order valence-electron chi connectivity index (χ1n) is 4.21. The molecule has 0 unspecified atom stereocenters. The van der Waals surface area contributed by atoms with Crippen LogP contribution in [0, 0.1) is 0 Å². The van der Waals surface area contributed by atoms with E-state index in [2.05, 4.69) is 0 Å². The molecule has 0 aliphatic carbocycles. The van der Waals surface area contributed by atoms with Crippen LogP contribution in [-0.2, 0) is 9.59 Å². The summed E-state index contributed by atoms with van der Waals surface area (Å²) in [6.07, 6.45) is 1.27. The Balaban J connectivity index is 2.68. The number of rotatable bonds is 2. The van der Waals surface area contributed by atoms with Crippen LogP contribution in [0.1, 0.15) is 19.8 Å². The summed E-state index contributed by atoms with van der Waals surface area (Å²) in [5, 5.41) is 8.14. The molecule has 1 fully saturated rings. The van der Waals surface area contributed by atoms with Gasteiger partial charge < -0.3 is 10.0 Å². The molecule has 13 heavy (non-hydrogen) atoms. The maximum Gasteiger partial charge on any atom is 0.326 e. The zero-order chi connectivity index (χ0) is 10.0. The highest BCUT2D eigenvalue weighted by Gasteiger charge is 2.35. The van der Waals surface area contributed by atoms with E-state index in [9.17, 15) is 9.59 Å². The lowest BCUT2D eigenvalue weighted by Gasteiger charge is -2.22. The van der Waals surface area contributed by atoms with Crippen molar-refractivity contribution in [2.24, 2.45) is 0 Å². The third-order valence-electron chi connectivity index (χ3n) is 2.16. The van der Waals surface area contributed by atoms with Gasteiger partial charge in [0.2, 0.25) is 5.91 Å². The third-order valence-corrected chi connectivity index (χ3v) is 2.35. The highest BCUT2D eigenvalue weighted by atomic mass is 35.5. The van der Waals surface area contributed by atoms with Crippen molar-refractivity contribution >= 4 is 23.5 Å². The monoisotopic (exact) mass is 205 g/mol. The first kappa shape index (κ1) is 10.3. The van der Waals surface area contributed by atoms with Crippen molar-refractivity contribution in [3.05, 3.63) is 0 Å². The van der Waals surface area contributed by atoms with Crippen molar-refractivity contribution in [1.82, 2.24) is 4.90 Å². The quantitative estimate of drug-likeness (QED) is 0.675. The van der Waals surface area contributed by atoms with E-state index in [-0.39, 0.29) is 5.91 Å². The van der Waals surface area contributed by atoms with E-state index in [1.807, 2.05) is 0 Å². The van der Waals surface area contributed by atoms with Crippen LogP contribution in [-0.4, -0.2) is 39.8 Å². The summed E-state index contributed by atoms with van der Waals surface area (Å²) >= 11 is 5.59. The first-order valence-corrected chi connectivity index (χ1v) is 4.65. The van der Waals surface area contributed by atoms with E-state index >= 15 is 0 Å². The molecule has 4 nitrogen and oxygen atoms in total. The molecule has 1 aliphatic rings. The molecule has 74 valence electrons. The smallest absolute Gasteiger partial charge is 0.326 e. The van der Waals surface area contributed by atoms with Crippen molar-refractivity contribution in [3.63, 3.8) is 0 Å². The van der Waals surface area contributed by atoms with Gasteiger partial charge in [-0.3, -0.25) is 4.79 Å². The van der Waals surface area contributed by atoms with Crippen LogP contribution in [0.3, 0.4) is 0 Å². The summed E-state index contributed by atoms with van der Waals surface area (Å²) in [5.41, 5.74) is 0. The fourth-order valence-corrected chi connectivity index (χ4v) is 1.64. The SMILES string of the molecule is C[C@H](Cl)C(=O)N1CCC[C@H]1C(=O)O. The molecule has 2 atom stereocenters. The second-order valence-electron chi connectivity index (χ2n) is 3.14. The molecule has 1 saturated heterocycles. The minimum atomic E-state index is -0.942. The lowest BCUT2D eigenvalue weighted by atomic mass is 10.2. The van der Waals surface area contributed by atoms with Crippen molar-refractivity contribution < 1.29 is 14.7 Å². The van der Waals surface area contributed by atoms with Crippen molar-refractivity contribution in [2.45, 2.75) is 31.2 Å². The number of hydrogen-bond acceptors (Lipinski definition) is 2. The number of carbonyl (C=O) groups is 2. The molecule has 0 radical (unpaired) electrons. The molecule has 0 aromatic heterocycles. The topological polar surface area (TPSA) is 57.6 Å². The van der Waals surface area contributed by atoms with E-state index < -0.39 is 17.4 Å². The molecule has 0 aromatic carbocycles. The normalized spacial score (nSPS) is 24.5. The van der Waals surface area contributed by atoms with E-state index in [4.69, 9.17) is 16.7 Å². The average molecular weight is 206 g/mol. The Morgan fingerprint density at radius 2 is 2.23 bits per heavy atom. The van der Waals surface area contributed by atoms with Crippen LogP contribution >= 0.6 is 11.6 Å². The van der Waals surface area contributed by atoms with Gasteiger partial charge in [0.25, 0.3) is 0 Å². The fraction of sp³-hybridized carbons (Fsp3) is 0.750. The summed E-state index contributed by atoms with van der Waals surface area (Å²) in [5.74, 6) is -1.23. The summed E-state index contributed by atoms with van der Waals surface area (Å²) < 4.78 is 0. The first-order chi connectivity index (χ1) is 6.04. The number of carboxylic acids is 1. The number of halogens is 1. The van der Waals surface area contributed by atoms with Gasteiger partial charge in [0.1, 0.15) is 11.4 Å². The number of alkyl halides is 1. The van der Waals surface area contributed by atoms with Gasteiger partial charge in [-0.1, -0.05) is 0 Å². The van der Waals surface area contributed by atoms with Crippen LogP contribution in [0.25, 0.3) is 0 Å². The van der Waals surface area contributed by atoms with Crippen molar-refractivity contribution in [2.75, 3.05) is 6.54 Å². The van der Waals surface area contributed by atoms with Gasteiger partial charge in [0, 0.05) is 6.54 Å². The Morgan fingerprint density at radius 1 is 1.62 bits per heavy atom. The maximum atomic E-state index is 11.4. The zero-order valence-corrected chi connectivity index (χ0v) is 8.12. The van der Waals surface area contributed by atoms with Crippen molar-refractivity contribution in [1.29, 1.82) is 0 Å². The Hall–Kier alpha value is -0.770. The summed E-state index contributed by atoms with van der Waals surface area (Å²) in [6, 6.07) is -0.673. The summed E-state index contributed by atoms with van der Waals surface area (Å²) in [7, 11) is 0. The number of nitrogens with zero attached hydrogens (tertiary/aromatic N) is 1. The minimum Gasteiger partial charge on any atom is -0.480 e.